The average Bonchev–Trinajstić information content (AvgIpc) is 3.00. The zero-order chi connectivity index (χ0) is 27.6. The lowest BCUT2D eigenvalue weighted by molar-refractivity contribution is -0.268. The molecule has 0 aliphatic carbocycles. The third-order valence-corrected chi connectivity index (χ3v) is 7.46. The van der Waals surface area contributed by atoms with E-state index >= 15 is 0 Å². The van der Waals surface area contributed by atoms with Crippen LogP contribution in [0, 0.1) is 0 Å². The van der Waals surface area contributed by atoms with Gasteiger partial charge in [-0.05, 0) is 51.9 Å². The van der Waals surface area contributed by atoms with Crippen molar-refractivity contribution in [1.29, 1.82) is 0 Å². The maximum Gasteiger partial charge on any atom is 0.137 e. The Balaban J connectivity index is 1.11. The molecule has 0 saturated carbocycles. The zero-order valence-corrected chi connectivity index (χ0v) is 22.7. The van der Waals surface area contributed by atoms with Crippen LogP contribution in [0.4, 0.5) is 4.79 Å². The smallest absolute Gasteiger partial charge is 0.137 e. The van der Waals surface area contributed by atoms with Gasteiger partial charge in [-0.3, -0.25) is 0 Å². The Kier molecular flexibility index (Phi) is 9.80. The van der Waals surface area contributed by atoms with Gasteiger partial charge >= 0.3 is 0 Å². The molecule has 0 bridgehead atoms. The van der Waals surface area contributed by atoms with Crippen molar-refractivity contribution in [2.24, 2.45) is 0 Å². The largest absolute Gasteiger partial charge is 0.530 e. The molecule has 2 atom stereocenters. The summed E-state index contributed by atoms with van der Waals surface area (Å²) in [5.74, 6) is 0.104. The van der Waals surface area contributed by atoms with Crippen LogP contribution >= 0.6 is 0 Å². The maximum absolute atomic E-state index is 11.6. The van der Waals surface area contributed by atoms with Crippen molar-refractivity contribution in [1.82, 2.24) is 4.90 Å². The van der Waals surface area contributed by atoms with Crippen molar-refractivity contribution in [2.45, 2.75) is 44.7 Å². The quantitative estimate of drug-likeness (QED) is 0.217. The van der Waals surface area contributed by atoms with Crippen molar-refractivity contribution in [3.63, 3.8) is 0 Å². The summed E-state index contributed by atoms with van der Waals surface area (Å²) in [4.78, 5) is 12.9. The third kappa shape index (κ3) is 7.69. The lowest BCUT2D eigenvalue weighted by atomic mass is 9.86. The van der Waals surface area contributed by atoms with Crippen LogP contribution < -0.4 is 5.11 Å². The van der Waals surface area contributed by atoms with E-state index in [2.05, 4.69) is 66.7 Å². The second-order valence-electron chi connectivity index (χ2n) is 10.3. The molecule has 0 N–H and O–H groups in total. The standard InChI is InChI=1S/C34H37NO5/c36-34(37)35-18-17-32(33(22-35)40-25-28-13-14-29-9-4-5-10-31(29)21-28)30-15-11-27(12-16-30)24-39-20-6-19-38-23-26-7-2-1-3-8-26/h1-5,7-16,21,32-33H,6,17-20,22-25H2,(H,36,37)/p-1. The molecule has 1 fully saturated rings. The Morgan fingerprint density at radius 3 is 2.12 bits per heavy atom. The molecule has 1 aliphatic heterocycles. The molecule has 208 valence electrons. The van der Waals surface area contributed by atoms with Gasteiger partial charge in [0, 0.05) is 32.2 Å². The van der Waals surface area contributed by atoms with Crippen LogP contribution in [0.25, 0.3) is 10.8 Å². The first-order valence-electron chi connectivity index (χ1n) is 14.0. The molecular weight excluding hydrogens is 502 g/mol. The van der Waals surface area contributed by atoms with Crippen LogP contribution in [0.15, 0.2) is 97.1 Å². The Morgan fingerprint density at radius 1 is 0.750 bits per heavy atom. The zero-order valence-electron chi connectivity index (χ0n) is 22.7. The van der Waals surface area contributed by atoms with Gasteiger partial charge in [-0.2, -0.15) is 0 Å². The van der Waals surface area contributed by atoms with Crippen LogP contribution in [0.5, 0.6) is 0 Å². The van der Waals surface area contributed by atoms with Gasteiger partial charge in [0.15, 0.2) is 0 Å². The maximum atomic E-state index is 11.6. The molecule has 0 spiro atoms. The fraction of sp³-hybridized carbons (Fsp3) is 0.324. The monoisotopic (exact) mass is 538 g/mol. The topological polar surface area (TPSA) is 71.1 Å². The summed E-state index contributed by atoms with van der Waals surface area (Å²) in [7, 11) is 0. The number of piperidine rings is 1. The number of hydrogen-bond donors (Lipinski definition) is 0. The number of carboxylic acid groups (broad SMARTS) is 1. The SMILES string of the molecule is O=C([O-])N1CCC(c2ccc(COCCCOCc3ccccc3)cc2)C(OCc2ccc3ccccc3c2)C1. The Hall–Kier alpha value is -3.71. The highest BCUT2D eigenvalue weighted by Crippen LogP contribution is 2.31. The van der Waals surface area contributed by atoms with Crippen molar-refractivity contribution in [2.75, 3.05) is 26.3 Å². The van der Waals surface area contributed by atoms with Crippen LogP contribution in [0.2, 0.25) is 0 Å². The second-order valence-corrected chi connectivity index (χ2v) is 10.3. The van der Waals surface area contributed by atoms with E-state index in [1.807, 2.05) is 30.3 Å². The van der Waals surface area contributed by atoms with Crippen LogP contribution in [0.3, 0.4) is 0 Å². The highest BCUT2D eigenvalue weighted by Gasteiger charge is 2.31. The van der Waals surface area contributed by atoms with Gasteiger partial charge in [-0.1, -0.05) is 91.0 Å². The summed E-state index contributed by atoms with van der Waals surface area (Å²) in [5, 5.41) is 13.9. The lowest BCUT2D eigenvalue weighted by Gasteiger charge is -2.40. The fourth-order valence-corrected chi connectivity index (χ4v) is 5.24. The predicted molar refractivity (Wildman–Crippen MR) is 154 cm³/mol. The van der Waals surface area contributed by atoms with Crippen LogP contribution in [-0.4, -0.2) is 43.4 Å². The molecule has 0 aromatic heterocycles. The summed E-state index contributed by atoms with van der Waals surface area (Å²) >= 11 is 0. The van der Waals surface area contributed by atoms with E-state index < -0.39 is 6.09 Å². The molecule has 1 amide bonds. The molecule has 4 aromatic carbocycles. The number of fused-ring (bicyclic) bond motifs is 1. The minimum absolute atomic E-state index is 0.104. The molecule has 2 unspecified atom stereocenters. The van der Waals surface area contributed by atoms with Gasteiger partial charge in [0.05, 0.1) is 25.9 Å². The van der Waals surface area contributed by atoms with Gasteiger partial charge in [-0.15, -0.1) is 0 Å². The van der Waals surface area contributed by atoms with Gasteiger partial charge in [-0.25, -0.2) is 0 Å². The fourth-order valence-electron chi connectivity index (χ4n) is 5.24. The van der Waals surface area contributed by atoms with Crippen LogP contribution in [0.1, 0.15) is 41.0 Å². The lowest BCUT2D eigenvalue weighted by Crippen LogP contribution is -2.51. The normalized spacial score (nSPS) is 17.2. The van der Waals surface area contributed by atoms with E-state index in [9.17, 15) is 9.90 Å². The Bertz CT molecular complexity index is 1360. The first-order chi connectivity index (χ1) is 19.7. The second kappa shape index (κ2) is 14.1. The number of ether oxygens (including phenoxy) is 3. The molecule has 5 rings (SSSR count). The Morgan fingerprint density at radius 2 is 1.40 bits per heavy atom. The summed E-state index contributed by atoms with van der Waals surface area (Å²) < 4.78 is 17.9. The molecule has 1 saturated heterocycles. The first-order valence-corrected chi connectivity index (χ1v) is 14.0. The first kappa shape index (κ1) is 27.8. The number of carbonyl (C=O) groups excluding carboxylic acids is 1. The van der Waals surface area contributed by atoms with Gasteiger partial charge in [0.2, 0.25) is 0 Å². The number of carbonyl (C=O) groups is 1. The molecule has 0 radical (unpaired) electrons. The highest BCUT2D eigenvalue weighted by molar-refractivity contribution is 5.82. The molecule has 6 heteroatoms. The predicted octanol–water partition coefficient (Wildman–Crippen LogP) is 5.68. The summed E-state index contributed by atoms with van der Waals surface area (Å²) in [5.41, 5.74) is 4.51. The number of benzene rings is 4. The minimum Gasteiger partial charge on any atom is -0.530 e. The van der Waals surface area contributed by atoms with E-state index in [0.717, 1.165) is 28.5 Å². The molecular formula is C34H36NO5-. The minimum atomic E-state index is -1.14. The molecule has 40 heavy (non-hydrogen) atoms. The van der Waals surface area contributed by atoms with E-state index in [-0.39, 0.29) is 12.0 Å². The van der Waals surface area contributed by atoms with E-state index in [1.54, 1.807) is 0 Å². The van der Waals surface area contributed by atoms with E-state index in [0.29, 0.717) is 52.5 Å². The number of amides is 1. The van der Waals surface area contributed by atoms with Crippen molar-refractivity contribution in [3.8, 4) is 0 Å². The van der Waals surface area contributed by atoms with Gasteiger partial charge in [0.25, 0.3) is 0 Å². The number of hydrogen-bond acceptors (Lipinski definition) is 5. The van der Waals surface area contributed by atoms with Gasteiger partial charge < -0.3 is 29.0 Å². The summed E-state index contributed by atoms with van der Waals surface area (Å²) in [6, 6.07) is 33.1. The Labute approximate surface area is 236 Å². The average molecular weight is 539 g/mol. The molecule has 1 aliphatic rings. The van der Waals surface area contributed by atoms with E-state index in [1.165, 1.54) is 15.8 Å². The van der Waals surface area contributed by atoms with Crippen molar-refractivity contribution >= 4 is 16.9 Å². The summed E-state index contributed by atoms with van der Waals surface area (Å²) in [6.07, 6.45) is 0.139. The molecule has 1 heterocycles. The summed E-state index contributed by atoms with van der Waals surface area (Å²) in [6.45, 7) is 3.65. The van der Waals surface area contributed by atoms with Crippen molar-refractivity contribution in [3.05, 3.63) is 119 Å². The number of likely N-dealkylation sites (tertiary alicyclic amines) is 1. The number of nitrogens with zero attached hydrogens (tertiary/aromatic N) is 1. The van der Waals surface area contributed by atoms with Gasteiger partial charge in [0.1, 0.15) is 6.09 Å². The van der Waals surface area contributed by atoms with Crippen molar-refractivity contribution < 1.29 is 24.1 Å². The third-order valence-electron chi connectivity index (χ3n) is 7.46. The van der Waals surface area contributed by atoms with E-state index in [4.69, 9.17) is 14.2 Å². The molecule has 4 aromatic rings. The molecule has 6 nitrogen and oxygen atoms in total. The number of rotatable bonds is 12. The highest BCUT2D eigenvalue weighted by atomic mass is 16.5. The van der Waals surface area contributed by atoms with Crippen LogP contribution in [-0.2, 0) is 34.0 Å².